The molecule has 4 rings (SSSR count). The molecule has 0 saturated carbocycles. The summed E-state index contributed by atoms with van der Waals surface area (Å²) in [6.45, 7) is 4.27. The zero-order valence-electron chi connectivity index (χ0n) is 22.5. The van der Waals surface area contributed by atoms with E-state index < -0.39 is 0 Å². The fourth-order valence-electron chi connectivity index (χ4n) is 4.30. The highest BCUT2D eigenvalue weighted by atomic mass is 16.2. The van der Waals surface area contributed by atoms with E-state index in [-0.39, 0.29) is 17.8 Å². The summed E-state index contributed by atoms with van der Waals surface area (Å²) in [4.78, 5) is 46.8. The van der Waals surface area contributed by atoms with Gasteiger partial charge in [0.1, 0.15) is 5.82 Å². The summed E-state index contributed by atoms with van der Waals surface area (Å²) in [6.07, 6.45) is 2.33. The lowest BCUT2D eigenvalue weighted by atomic mass is 10.0. The van der Waals surface area contributed by atoms with Crippen molar-refractivity contribution in [3.8, 4) is 0 Å². The van der Waals surface area contributed by atoms with Crippen molar-refractivity contribution >= 4 is 29.4 Å². The molecule has 2 N–H and O–H groups in total. The second kappa shape index (κ2) is 11.3. The number of aryl methyl sites for hydroxylation is 1. The van der Waals surface area contributed by atoms with Crippen molar-refractivity contribution in [3.63, 3.8) is 0 Å². The number of fused-ring (bicyclic) bond motifs is 1. The number of hydrogen-bond donors (Lipinski definition) is 2. The third-order valence-corrected chi connectivity index (χ3v) is 6.44. The maximum atomic E-state index is 13.2. The molecule has 0 unspecified atom stereocenters. The van der Waals surface area contributed by atoms with Crippen molar-refractivity contribution in [3.05, 3.63) is 70.7 Å². The number of nitrogens with zero attached hydrogens (tertiary/aromatic N) is 6. The first-order valence-corrected chi connectivity index (χ1v) is 12.5. The van der Waals surface area contributed by atoms with Crippen LogP contribution in [0.25, 0.3) is 0 Å². The monoisotopic (exact) mass is 518 g/mol. The molecule has 0 fully saturated rings. The number of nitrogens with one attached hydrogen (secondary N) is 2. The smallest absolute Gasteiger partial charge is 0.321 e. The van der Waals surface area contributed by atoms with Crippen LogP contribution >= 0.6 is 0 Å². The van der Waals surface area contributed by atoms with Gasteiger partial charge in [0.2, 0.25) is 0 Å². The van der Waals surface area contributed by atoms with Crippen molar-refractivity contribution < 1.29 is 14.4 Å². The minimum atomic E-state index is -0.236. The molecule has 3 heterocycles. The Morgan fingerprint density at radius 2 is 1.74 bits per heavy atom. The predicted molar refractivity (Wildman–Crippen MR) is 145 cm³/mol. The maximum Gasteiger partial charge on any atom is 0.321 e. The molecule has 11 heteroatoms. The zero-order chi connectivity index (χ0) is 27.4. The van der Waals surface area contributed by atoms with Crippen molar-refractivity contribution in [2.24, 2.45) is 0 Å². The molecule has 1 aliphatic rings. The van der Waals surface area contributed by atoms with Crippen molar-refractivity contribution in [2.45, 2.75) is 33.0 Å². The molecule has 0 radical (unpaired) electrons. The SMILES string of the molecule is CCn1nc(C(=O)NCc2ccc(NC(=O)N(C)C)cc2)c2c1CCN(c1ccc(C(=O)N(C)C)cn1)C2. The molecule has 2 aromatic heterocycles. The van der Waals surface area contributed by atoms with Crippen LogP contribution in [0.4, 0.5) is 16.3 Å². The molecule has 200 valence electrons. The molecule has 4 amide bonds. The minimum absolute atomic E-state index is 0.0962. The molecule has 38 heavy (non-hydrogen) atoms. The molecule has 0 saturated heterocycles. The number of carbonyl (C=O) groups excluding carboxylic acids is 3. The molecule has 3 aromatic rings. The average molecular weight is 519 g/mol. The highest BCUT2D eigenvalue weighted by Crippen LogP contribution is 2.26. The molecule has 0 spiro atoms. The third-order valence-electron chi connectivity index (χ3n) is 6.44. The summed E-state index contributed by atoms with van der Waals surface area (Å²) in [7, 11) is 6.78. The lowest BCUT2D eigenvalue weighted by Crippen LogP contribution is -2.33. The number of hydrogen-bond acceptors (Lipinski definition) is 6. The Balaban J connectivity index is 1.45. The van der Waals surface area contributed by atoms with Gasteiger partial charge in [0.15, 0.2) is 5.69 Å². The van der Waals surface area contributed by atoms with Gasteiger partial charge < -0.3 is 25.3 Å². The summed E-state index contributed by atoms with van der Waals surface area (Å²) < 4.78 is 1.90. The molecule has 0 atom stereocenters. The van der Waals surface area contributed by atoms with Crippen molar-refractivity contribution in [2.75, 3.05) is 45.0 Å². The molecule has 11 nitrogen and oxygen atoms in total. The lowest BCUT2D eigenvalue weighted by Gasteiger charge is -2.29. The summed E-state index contributed by atoms with van der Waals surface area (Å²) >= 11 is 0. The molecule has 1 aliphatic heterocycles. The summed E-state index contributed by atoms with van der Waals surface area (Å²) in [5.41, 5.74) is 4.50. The average Bonchev–Trinajstić information content (AvgIpc) is 3.30. The van der Waals surface area contributed by atoms with Crippen molar-refractivity contribution in [1.29, 1.82) is 0 Å². The van der Waals surface area contributed by atoms with E-state index in [4.69, 9.17) is 0 Å². The van der Waals surface area contributed by atoms with E-state index >= 15 is 0 Å². The fraction of sp³-hybridized carbons (Fsp3) is 0.370. The van der Waals surface area contributed by atoms with Crippen LogP contribution in [0.1, 0.15) is 44.6 Å². The molecule has 0 aliphatic carbocycles. The Kier molecular flexibility index (Phi) is 7.94. The number of rotatable bonds is 7. The van der Waals surface area contributed by atoms with E-state index in [9.17, 15) is 14.4 Å². The van der Waals surface area contributed by atoms with Gasteiger partial charge in [-0.1, -0.05) is 12.1 Å². The van der Waals surface area contributed by atoms with Gasteiger partial charge in [0.25, 0.3) is 11.8 Å². The van der Waals surface area contributed by atoms with Crippen LogP contribution in [0.2, 0.25) is 0 Å². The Bertz CT molecular complexity index is 1310. The minimum Gasteiger partial charge on any atom is -0.352 e. The topological polar surface area (TPSA) is 116 Å². The van der Waals surface area contributed by atoms with Crippen LogP contribution in [0.5, 0.6) is 0 Å². The van der Waals surface area contributed by atoms with Gasteiger partial charge >= 0.3 is 6.03 Å². The van der Waals surface area contributed by atoms with Crippen LogP contribution in [-0.2, 0) is 26.1 Å². The first-order chi connectivity index (χ1) is 18.2. The Morgan fingerprint density at radius 3 is 2.34 bits per heavy atom. The standard InChI is InChI=1S/C27H34N8O3/c1-6-35-22-13-14-34(23-12-9-19(16-28-23)26(37)32(2)3)17-21(22)24(31-35)25(36)29-15-18-7-10-20(11-8-18)30-27(38)33(4)5/h7-12,16H,6,13-15,17H2,1-5H3,(H,29,36)(H,30,38). The number of aromatic nitrogens is 3. The van der Waals surface area contributed by atoms with Gasteiger partial charge in [-0.25, -0.2) is 9.78 Å². The highest BCUT2D eigenvalue weighted by molar-refractivity contribution is 5.94. The normalized spacial score (nSPS) is 12.5. The fourth-order valence-corrected chi connectivity index (χ4v) is 4.30. The zero-order valence-corrected chi connectivity index (χ0v) is 22.5. The number of pyridine rings is 1. The Morgan fingerprint density at radius 1 is 1.00 bits per heavy atom. The Labute approximate surface area is 222 Å². The number of benzene rings is 1. The maximum absolute atomic E-state index is 13.2. The number of anilines is 2. The molecular weight excluding hydrogens is 484 g/mol. The van der Waals surface area contributed by atoms with E-state index in [1.807, 2.05) is 29.8 Å². The van der Waals surface area contributed by atoms with E-state index in [0.717, 1.165) is 35.6 Å². The third kappa shape index (κ3) is 5.77. The van der Waals surface area contributed by atoms with Gasteiger partial charge in [-0.05, 0) is 36.8 Å². The van der Waals surface area contributed by atoms with E-state index in [0.29, 0.717) is 36.6 Å². The van der Waals surface area contributed by atoms with Crippen LogP contribution < -0.4 is 15.5 Å². The first kappa shape index (κ1) is 26.6. The number of urea groups is 1. The highest BCUT2D eigenvalue weighted by Gasteiger charge is 2.28. The van der Waals surface area contributed by atoms with Crippen LogP contribution in [0, 0.1) is 0 Å². The van der Waals surface area contributed by atoms with Crippen molar-refractivity contribution in [1.82, 2.24) is 29.9 Å². The lowest BCUT2D eigenvalue weighted by molar-refractivity contribution is 0.0826. The molecule has 1 aromatic carbocycles. The van der Waals surface area contributed by atoms with Gasteiger partial charge in [-0.3, -0.25) is 14.3 Å². The quantitative estimate of drug-likeness (QED) is 0.497. The first-order valence-electron chi connectivity index (χ1n) is 12.5. The number of amides is 4. The predicted octanol–water partition coefficient (Wildman–Crippen LogP) is 2.59. The number of carbonyl (C=O) groups is 3. The van der Waals surface area contributed by atoms with Gasteiger partial charge in [0, 0.05) is 83.9 Å². The van der Waals surface area contributed by atoms with E-state index in [1.165, 1.54) is 9.80 Å². The Hall–Kier alpha value is -4.41. The van der Waals surface area contributed by atoms with E-state index in [1.54, 1.807) is 52.6 Å². The second-order valence-electron chi connectivity index (χ2n) is 9.57. The second-order valence-corrected chi connectivity index (χ2v) is 9.57. The molecule has 0 bridgehead atoms. The van der Waals surface area contributed by atoms with Crippen LogP contribution in [0.15, 0.2) is 42.6 Å². The van der Waals surface area contributed by atoms with E-state index in [2.05, 4.69) is 25.6 Å². The van der Waals surface area contributed by atoms with Crippen LogP contribution in [0.3, 0.4) is 0 Å². The van der Waals surface area contributed by atoms with Gasteiger partial charge in [0.05, 0.1) is 5.56 Å². The molecular formula is C27H34N8O3. The largest absolute Gasteiger partial charge is 0.352 e. The van der Waals surface area contributed by atoms with Crippen LogP contribution in [-0.4, -0.2) is 77.1 Å². The van der Waals surface area contributed by atoms with Gasteiger partial charge in [-0.2, -0.15) is 5.10 Å². The summed E-state index contributed by atoms with van der Waals surface area (Å²) in [6, 6.07) is 10.8. The summed E-state index contributed by atoms with van der Waals surface area (Å²) in [5, 5.41) is 10.4. The van der Waals surface area contributed by atoms with Gasteiger partial charge in [-0.15, -0.1) is 0 Å². The summed E-state index contributed by atoms with van der Waals surface area (Å²) in [5.74, 6) is 0.421.